The predicted molar refractivity (Wildman–Crippen MR) is 63.1 cm³/mol. The zero-order chi connectivity index (χ0) is 13.9. The fraction of sp³-hybridized carbons (Fsp3) is 0.364. The summed E-state index contributed by atoms with van der Waals surface area (Å²) >= 11 is 0. The standard InChI is InChI=1S/C11H14F3N3O/c1-6(5-11(12,13)14)17-7-2-3-9(15)8(4-7)10(16)18/h2-4,6,17H,5,15H2,1H3,(H2,16,18). The molecule has 5 N–H and O–H groups in total. The Balaban J connectivity index is 2.80. The van der Waals surface area contributed by atoms with Crippen molar-refractivity contribution >= 4 is 17.3 Å². The maximum absolute atomic E-state index is 12.1. The van der Waals surface area contributed by atoms with Gasteiger partial charge in [0.1, 0.15) is 0 Å². The molecule has 0 bridgehead atoms. The second-order valence-corrected chi connectivity index (χ2v) is 4.03. The number of rotatable bonds is 4. The number of nitrogens with two attached hydrogens (primary N) is 2. The van der Waals surface area contributed by atoms with Crippen LogP contribution in [0.1, 0.15) is 23.7 Å². The number of nitrogens with one attached hydrogen (secondary N) is 1. The SMILES string of the molecule is CC(CC(F)(F)F)Nc1ccc(N)c(C(N)=O)c1. The van der Waals surface area contributed by atoms with E-state index in [2.05, 4.69) is 5.32 Å². The number of anilines is 2. The number of amides is 1. The minimum Gasteiger partial charge on any atom is -0.398 e. The molecule has 0 aliphatic heterocycles. The van der Waals surface area contributed by atoms with Crippen molar-refractivity contribution in [1.29, 1.82) is 0 Å². The van der Waals surface area contributed by atoms with E-state index in [-0.39, 0.29) is 11.3 Å². The maximum Gasteiger partial charge on any atom is 0.391 e. The molecule has 1 rings (SSSR count). The van der Waals surface area contributed by atoms with Crippen molar-refractivity contribution in [2.24, 2.45) is 5.73 Å². The summed E-state index contributed by atoms with van der Waals surface area (Å²) in [4.78, 5) is 11.0. The maximum atomic E-state index is 12.1. The Labute approximate surface area is 102 Å². The molecule has 1 amide bonds. The van der Waals surface area contributed by atoms with Gasteiger partial charge in [-0.2, -0.15) is 13.2 Å². The summed E-state index contributed by atoms with van der Waals surface area (Å²) in [6, 6.07) is 3.44. The molecule has 0 aliphatic carbocycles. The first kappa shape index (κ1) is 14.1. The number of carbonyl (C=O) groups excluding carboxylic acids is 1. The first-order chi connectivity index (χ1) is 8.19. The van der Waals surface area contributed by atoms with Crippen molar-refractivity contribution < 1.29 is 18.0 Å². The molecule has 0 saturated heterocycles. The summed E-state index contributed by atoms with van der Waals surface area (Å²) < 4.78 is 36.4. The Morgan fingerprint density at radius 1 is 1.44 bits per heavy atom. The monoisotopic (exact) mass is 261 g/mol. The Bertz CT molecular complexity index is 446. The quantitative estimate of drug-likeness (QED) is 0.726. The number of carbonyl (C=O) groups is 1. The van der Waals surface area contributed by atoms with Gasteiger partial charge >= 0.3 is 6.18 Å². The van der Waals surface area contributed by atoms with Crippen molar-refractivity contribution in [1.82, 2.24) is 0 Å². The first-order valence-corrected chi connectivity index (χ1v) is 5.21. The van der Waals surface area contributed by atoms with E-state index in [1.165, 1.54) is 25.1 Å². The number of alkyl halides is 3. The van der Waals surface area contributed by atoms with E-state index < -0.39 is 24.5 Å². The highest BCUT2D eigenvalue weighted by Gasteiger charge is 2.29. The van der Waals surface area contributed by atoms with E-state index in [4.69, 9.17) is 11.5 Å². The van der Waals surface area contributed by atoms with Gasteiger partial charge in [-0.15, -0.1) is 0 Å². The van der Waals surface area contributed by atoms with Crippen molar-refractivity contribution in [2.75, 3.05) is 11.1 Å². The number of halogens is 3. The van der Waals surface area contributed by atoms with E-state index in [0.29, 0.717) is 5.69 Å². The van der Waals surface area contributed by atoms with Gasteiger partial charge in [0, 0.05) is 17.4 Å². The van der Waals surface area contributed by atoms with Crippen molar-refractivity contribution in [3.8, 4) is 0 Å². The van der Waals surface area contributed by atoms with Crippen LogP contribution in [-0.2, 0) is 0 Å². The number of benzene rings is 1. The van der Waals surface area contributed by atoms with Gasteiger partial charge in [0.25, 0.3) is 5.91 Å². The molecule has 1 unspecified atom stereocenters. The normalized spacial score (nSPS) is 13.1. The number of primary amides is 1. The molecule has 1 aromatic rings. The van der Waals surface area contributed by atoms with E-state index >= 15 is 0 Å². The summed E-state index contributed by atoms with van der Waals surface area (Å²) in [7, 11) is 0. The van der Waals surface area contributed by atoms with Gasteiger partial charge in [0.05, 0.1) is 12.0 Å². The molecule has 0 spiro atoms. The van der Waals surface area contributed by atoms with E-state index in [9.17, 15) is 18.0 Å². The molecule has 1 atom stereocenters. The first-order valence-electron chi connectivity index (χ1n) is 5.21. The summed E-state index contributed by atoms with van der Waals surface area (Å²) in [5.41, 5.74) is 11.2. The van der Waals surface area contributed by atoms with Crippen LogP contribution >= 0.6 is 0 Å². The Kier molecular flexibility index (Phi) is 4.05. The Morgan fingerprint density at radius 3 is 2.56 bits per heavy atom. The summed E-state index contributed by atoms with van der Waals surface area (Å²) in [6.45, 7) is 1.40. The lowest BCUT2D eigenvalue weighted by Crippen LogP contribution is -2.24. The van der Waals surface area contributed by atoms with Gasteiger partial charge in [0.2, 0.25) is 0 Å². The highest BCUT2D eigenvalue weighted by molar-refractivity contribution is 5.98. The van der Waals surface area contributed by atoms with Crippen molar-refractivity contribution in [3.05, 3.63) is 23.8 Å². The molecule has 18 heavy (non-hydrogen) atoms. The minimum absolute atomic E-state index is 0.0826. The third-order valence-electron chi connectivity index (χ3n) is 2.27. The van der Waals surface area contributed by atoms with Crippen molar-refractivity contribution in [3.63, 3.8) is 0 Å². The minimum atomic E-state index is -4.24. The second-order valence-electron chi connectivity index (χ2n) is 4.03. The van der Waals surface area contributed by atoms with Crippen LogP contribution in [0.2, 0.25) is 0 Å². The Morgan fingerprint density at radius 2 is 2.06 bits per heavy atom. The lowest BCUT2D eigenvalue weighted by atomic mass is 10.1. The van der Waals surface area contributed by atoms with E-state index in [1.54, 1.807) is 0 Å². The zero-order valence-electron chi connectivity index (χ0n) is 9.71. The third-order valence-corrected chi connectivity index (χ3v) is 2.27. The lowest BCUT2D eigenvalue weighted by molar-refractivity contribution is -0.136. The smallest absolute Gasteiger partial charge is 0.391 e. The molecule has 0 heterocycles. The molecule has 7 heteroatoms. The van der Waals surface area contributed by atoms with Gasteiger partial charge < -0.3 is 16.8 Å². The van der Waals surface area contributed by atoms with Gasteiger partial charge in [-0.1, -0.05) is 0 Å². The molecule has 0 aliphatic rings. The average molecular weight is 261 g/mol. The van der Waals surface area contributed by atoms with Gasteiger partial charge in [0.15, 0.2) is 0 Å². The number of nitrogen functional groups attached to an aromatic ring is 1. The second kappa shape index (κ2) is 5.16. The highest BCUT2D eigenvalue weighted by Crippen LogP contribution is 2.24. The fourth-order valence-electron chi connectivity index (χ4n) is 1.54. The number of hydrogen-bond acceptors (Lipinski definition) is 3. The van der Waals surface area contributed by atoms with Crippen LogP contribution in [0.15, 0.2) is 18.2 Å². The summed E-state index contributed by atoms with van der Waals surface area (Å²) in [6.07, 6.45) is -5.21. The van der Waals surface area contributed by atoms with E-state index in [0.717, 1.165) is 0 Å². The van der Waals surface area contributed by atoms with Crippen LogP contribution in [0.25, 0.3) is 0 Å². The van der Waals surface area contributed by atoms with Crippen LogP contribution in [0.3, 0.4) is 0 Å². The highest BCUT2D eigenvalue weighted by atomic mass is 19.4. The molecular formula is C11H14F3N3O. The van der Waals surface area contributed by atoms with Crippen LogP contribution in [0, 0.1) is 0 Å². The largest absolute Gasteiger partial charge is 0.398 e. The fourth-order valence-corrected chi connectivity index (χ4v) is 1.54. The van der Waals surface area contributed by atoms with Crippen molar-refractivity contribution in [2.45, 2.75) is 25.6 Å². The van der Waals surface area contributed by atoms with Gasteiger partial charge in [-0.25, -0.2) is 0 Å². The van der Waals surface area contributed by atoms with Crippen LogP contribution in [-0.4, -0.2) is 18.1 Å². The molecule has 0 aromatic heterocycles. The molecule has 0 saturated carbocycles. The molecular weight excluding hydrogens is 247 g/mol. The average Bonchev–Trinajstić information content (AvgIpc) is 2.17. The van der Waals surface area contributed by atoms with E-state index in [1.807, 2.05) is 0 Å². The predicted octanol–water partition coefficient (Wildman–Crippen LogP) is 2.12. The molecule has 4 nitrogen and oxygen atoms in total. The lowest BCUT2D eigenvalue weighted by Gasteiger charge is -2.17. The van der Waals surface area contributed by atoms with Crippen LogP contribution < -0.4 is 16.8 Å². The Hall–Kier alpha value is -1.92. The molecule has 0 radical (unpaired) electrons. The molecule has 1 aromatic carbocycles. The molecule has 0 fully saturated rings. The van der Waals surface area contributed by atoms with Gasteiger partial charge in [-0.3, -0.25) is 4.79 Å². The van der Waals surface area contributed by atoms with Gasteiger partial charge in [-0.05, 0) is 25.1 Å². The number of hydrogen-bond donors (Lipinski definition) is 3. The zero-order valence-corrected chi connectivity index (χ0v) is 9.71. The molecule has 100 valence electrons. The summed E-state index contributed by atoms with van der Waals surface area (Å²) in [5, 5.41) is 2.64. The van der Waals surface area contributed by atoms with Crippen LogP contribution in [0.5, 0.6) is 0 Å². The van der Waals surface area contributed by atoms with Crippen LogP contribution in [0.4, 0.5) is 24.5 Å². The topological polar surface area (TPSA) is 81.1 Å². The summed E-state index contributed by atoms with van der Waals surface area (Å²) in [5.74, 6) is -0.723. The third kappa shape index (κ3) is 4.15.